The second kappa shape index (κ2) is 9.49. The van der Waals surface area contributed by atoms with E-state index in [9.17, 15) is 23.3 Å². The molecular formula is C22H19BrN2O6S. The number of amides is 1. The molecule has 0 aliphatic rings. The van der Waals surface area contributed by atoms with E-state index in [1.54, 1.807) is 0 Å². The molecule has 0 spiro atoms. The zero-order chi connectivity index (χ0) is 23.5. The van der Waals surface area contributed by atoms with Gasteiger partial charge in [-0.15, -0.1) is 0 Å². The Hall–Kier alpha value is -3.24. The van der Waals surface area contributed by atoms with Crippen molar-refractivity contribution in [3.63, 3.8) is 0 Å². The predicted molar refractivity (Wildman–Crippen MR) is 122 cm³/mol. The van der Waals surface area contributed by atoms with Crippen LogP contribution in [0.2, 0.25) is 0 Å². The fourth-order valence-electron chi connectivity index (χ4n) is 3.00. The zero-order valence-corrected chi connectivity index (χ0v) is 19.6. The van der Waals surface area contributed by atoms with Gasteiger partial charge in [-0.3, -0.25) is 14.9 Å². The molecule has 0 saturated carbocycles. The number of carbonyl (C=O) groups excluding carboxylic acids is 1. The number of nitrogens with one attached hydrogen (secondary N) is 1. The Kier molecular flexibility index (Phi) is 6.95. The van der Waals surface area contributed by atoms with E-state index in [4.69, 9.17) is 4.74 Å². The highest BCUT2D eigenvalue weighted by atomic mass is 79.9. The number of nitro groups is 1. The van der Waals surface area contributed by atoms with Crippen molar-refractivity contribution in [3.8, 4) is 5.75 Å². The minimum absolute atomic E-state index is 0.0572. The van der Waals surface area contributed by atoms with Crippen LogP contribution in [-0.4, -0.2) is 19.2 Å². The third kappa shape index (κ3) is 5.32. The molecular weight excluding hydrogens is 500 g/mol. The lowest BCUT2D eigenvalue weighted by Gasteiger charge is -2.13. The van der Waals surface area contributed by atoms with Crippen molar-refractivity contribution in [1.82, 2.24) is 4.72 Å². The number of ether oxygens (including phenoxy) is 1. The first-order chi connectivity index (χ1) is 15.1. The lowest BCUT2D eigenvalue weighted by atomic mass is 10.0. The summed E-state index contributed by atoms with van der Waals surface area (Å²) >= 11 is 3.22. The minimum Gasteiger partial charge on any atom is -0.482 e. The molecule has 0 bridgehead atoms. The van der Waals surface area contributed by atoms with E-state index in [0.717, 1.165) is 28.8 Å². The van der Waals surface area contributed by atoms with Gasteiger partial charge in [0.1, 0.15) is 6.61 Å². The van der Waals surface area contributed by atoms with Gasteiger partial charge in [-0.25, -0.2) is 13.1 Å². The van der Waals surface area contributed by atoms with Gasteiger partial charge in [0.05, 0.1) is 9.82 Å². The maximum atomic E-state index is 12.6. The van der Waals surface area contributed by atoms with Crippen LogP contribution in [0.15, 0.2) is 70.0 Å². The molecule has 0 aliphatic carbocycles. The fraction of sp³-hybridized carbons (Fsp3) is 0.136. The Labute approximate surface area is 193 Å². The number of nitrogens with zero attached hydrogens (tertiary/aromatic N) is 1. The number of sulfonamides is 1. The molecule has 0 atom stereocenters. The molecule has 166 valence electrons. The summed E-state index contributed by atoms with van der Waals surface area (Å²) in [4.78, 5) is 23.3. The number of hydrogen-bond donors (Lipinski definition) is 1. The van der Waals surface area contributed by atoms with Gasteiger partial charge >= 0.3 is 5.69 Å². The van der Waals surface area contributed by atoms with Crippen LogP contribution in [-0.2, 0) is 16.6 Å². The molecule has 0 unspecified atom stereocenters. The largest absolute Gasteiger partial charge is 0.482 e. The number of halogens is 1. The second-order valence-corrected chi connectivity index (χ2v) is 9.59. The summed E-state index contributed by atoms with van der Waals surface area (Å²) in [5.41, 5.74) is 2.37. The first-order valence-electron chi connectivity index (χ1n) is 9.37. The van der Waals surface area contributed by atoms with Crippen molar-refractivity contribution in [2.24, 2.45) is 0 Å². The summed E-state index contributed by atoms with van der Waals surface area (Å²) in [7, 11) is -4.13. The highest BCUT2D eigenvalue weighted by Gasteiger charge is 2.22. The number of nitro benzene ring substituents is 1. The molecule has 1 amide bonds. The lowest BCUT2D eigenvalue weighted by molar-refractivity contribution is -0.385. The number of hydrogen-bond acceptors (Lipinski definition) is 6. The Morgan fingerprint density at radius 3 is 2.28 bits per heavy atom. The van der Waals surface area contributed by atoms with Gasteiger partial charge < -0.3 is 4.74 Å². The summed E-state index contributed by atoms with van der Waals surface area (Å²) < 4.78 is 33.3. The summed E-state index contributed by atoms with van der Waals surface area (Å²) in [6.07, 6.45) is 0. The molecule has 8 nitrogen and oxygen atoms in total. The number of aryl methyl sites for hydroxylation is 2. The van der Waals surface area contributed by atoms with Crippen LogP contribution >= 0.6 is 15.9 Å². The van der Waals surface area contributed by atoms with Crippen molar-refractivity contribution in [3.05, 3.63) is 97.5 Å². The quantitative estimate of drug-likeness (QED) is 0.358. The third-order valence-electron chi connectivity index (χ3n) is 4.79. The maximum absolute atomic E-state index is 12.6. The SMILES string of the molecule is Cc1cccc(C)c1COc1cc(C(=O)NS(=O)(=O)c2ccc(Br)cc2)ccc1[N+](=O)[O-]. The second-order valence-electron chi connectivity index (χ2n) is 6.99. The Morgan fingerprint density at radius 1 is 1.06 bits per heavy atom. The van der Waals surface area contributed by atoms with Gasteiger partial charge in [-0.1, -0.05) is 34.1 Å². The molecule has 0 radical (unpaired) electrons. The minimum atomic E-state index is -4.13. The van der Waals surface area contributed by atoms with E-state index in [0.29, 0.717) is 4.47 Å². The first kappa shape index (κ1) is 23.4. The van der Waals surface area contributed by atoms with Crippen molar-refractivity contribution < 1.29 is 22.9 Å². The van der Waals surface area contributed by atoms with Crippen LogP contribution in [0.4, 0.5) is 5.69 Å². The van der Waals surface area contributed by atoms with Crippen molar-refractivity contribution in [2.75, 3.05) is 0 Å². The number of benzene rings is 3. The van der Waals surface area contributed by atoms with Crippen LogP contribution in [0.25, 0.3) is 0 Å². The highest BCUT2D eigenvalue weighted by Crippen LogP contribution is 2.30. The van der Waals surface area contributed by atoms with Crippen LogP contribution in [0, 0.1) is 24.0 Å². The van der Waals surface area contributed by atoms with Gasteiger partial charge in [0.25, 0.3) is 15.9 Å². The van der Waals surface area contributed by atoms with Gasteiger partial charge in [-0.05, 0) is 60.9 Å². The molecule has 0 fully saturated rings. The Balaban J connectivity index is 1.87. The van der Waals surface area contributed by atoms with Crippen LogP contribution < -0.4 is 9.46 Å². The zero-order valence-electron chi connectivity index (χ0n) is 17.2. The average Bonchev–Trinajstić information content (AvgIpc) is 2.73. The molecule has 1 N–H and O–H groups in total. The van der Waals surface area contributed by atoms with E-state index in [1.165, 1.54) is 30.3 Å². The average molecular weight is 519 g/mol. The standard InChI is InChI=1S/C22H19BrN2O6S/c1-14-4-3-5-15(2)19(14)13-31-21-12-16(6-11-20(21)25(27)28)22(26)24-32(29,30)18-9-7-17(23)8-10-18/h3-12H,13H2,1-2H3,(H,24,26). The van der Waals surface area contributed by atoms with E-state index >= 15 is 0 Å². The molecule has 0 aromatic heterocycles. The van der Waals surface area contributed by atoms with Gasteiger partial charge in [0.2, 0.25) is 0 Å². The normalized spacial score (nSPS) is 11.1. The van der Waals surface area contributed by atoms with Gasteiger partial charge in [0.15, 0.2) is 5.75 Å². The molecule has 3 aromatic carbocycles. The first-order valence-corrected chi connectivity index (χ1v) is 11.6. The van der Waals surface area contributed by atoms with Crippen LogP contribution in [0.1, 0.15) is 27.0 Å². The predicted octanol–water partition coefficient (Wildman–Crippen LogP) is 4.67. The van der Waals surface area contributed by atoms with Gasteiger partial charge in [0, 0.05) is 22.2 Å². The smallest absolute Gasteiger partial charge is 0.310 e. The van der Waals surface area contributed by atoms with E-state index in [-0.39, 0.29) is 28.5 Å². The molecule has 10 heteroatoms. The van der Waals surface area contributed by atoms with Crippen molar-refractivity contribution in [1.29, 1.82) is 0 Å². The third-order valence-corrected chi connectivity index (χ3v) is 6.66. The maximum Gasteiger partial charge on any atom is 0.310 e. The summed E-state index contributed by atoms with van der Waals surface area (Å²) in [6, 6.07) is 14.9. The summed E-state index contributed by atoms with van der Waals surface area (Å²) in [5, 5.41) is 11.4. The van der Waals surface area contributed by atoms with Crippen LogP contribution in [0.5, 0.6) is 5.75 Å². The van der Waals surface area contributed by atoms with Crippen LogP contribution in [0.3, 0.4) is 0 Å². The van der Waals surface area contributed by atoms with E-state index in [2.05, 4.69) is 15.9 Å². The van der Waals surface area contributed by atoms with Crippen molar-refractivity contribution >= 4 is 37.5 Å². The topological polar surface area (TPSA) is 116 Å². The summed E-state index contributed by atoms with van der Waals surface area (Å²) in [6.45, 7) is 3.86. The van der Waals surface area contributed by atoms with E-state index < -0.39 is 20.9 Å². The molecule has 0 aliphatic heterocycles. The molecule has 0 heterocycles. The molecule has 0 saturated heterocycles. The molecule has 3 aromatic rings. The number of carbonyl (C=O) groups is 1. The number of rotatable bonds is 7. The Morgan fingerprint density at radius 2 is 1.69 bits per heavy atom. The molecule has 3 rings (SSSR count). The fourth-order valence-corrected chi connectivity index (χ4v) is 4.24. The lowest BCUT2D eigenvalue weighted by Crippen LogP contribution is -2.30. The summed E-state index contributed by atoms with van der Waals surface area (Å²) in [5.74, 6) is -1.06. The monoisotopic (exact) mass is 518 g/mol. The van der Waals surface area contributed by atoms with Crippen molar-refractivity contribution in [2.45, 2.75) is 25.3 Å². The highest BCUT2D eigenvalue weighted by molar-refractivity contribution is 9.10. The van der Waals surface area contributed by atoms with E-state index in [1.807, 2.05) is 36.8 Å². The van der Waals surface area contributed by atoms with Gasteiger partial charge in [-0.2, -0.15) is 0 Å². The Bertz CT molecular complexity index is 1270. The molecule has 32 heavy (non-hydrogen) atoms.